The Hall–Kier alpha value is -2.37. The van der Waals surface area contributed by atoms with Crippen molar-refractivity contribution in [2.75, 3.05) is 12.9 Å². The van der Waals surface area contributed by atoms with Crippen LogP contribution in [0, 0.1) is 6.92 Å². The van der Waals surface area contributed by atoms with Crippen LogP contribution in [0.15, 0.2) is 41.7 Å². The lowest BCUT2D eigenvalue weighted by molar-refractivity contribution is -0.0508. The fourth-order valence-electron chi connectivity index (χ4n) is 3.64. The zero-order valence-electron chi connectivity index (χ0n) is 15.8. The maximum Gasteiger partial charge on any atom is 0.175 e. The highest BCUT2D eigenvalue weighted by Gasteiger charge is 2.44. The predicted molar refractivity (Wildman–Crippen MR) is 104 cm³/mol. The number of nitrogens with zero attached hydrogens (tertiary/aromatic N) is 3. The molecule has 29 heavy (non-hydrogen) atoms. The Morgan fingerprint density at radius 2 is 1.83 bits per heavy atom. The van der Waals surface area contributed by atoms with Crippen molar-refractivity contribution in [2.45, 2.75) is 36.4 Å². The normalized spacial score (nSPS) is 25.0. The van der Waals surface area contributed by atoms with Crippen LogP contribution in [0.25, 0.3) is 22.2 Å². The highest BCUT2D eigenvalue weighted by Crippen LogP contribution is 2.37. The van der Waals surface area contributed by atoms with Crippen molar-refractivity contribution >= 4 is 20.9 Å². The van der Waals surface area contributed by atoms with Crippen LogP contribution in [0.5, 0.6) is 0 Å². The van der Waals surface area contributed by atoms with Gasteiger partial charge in [0.15, 0.2) is 16.1 Å². The molecule has 1 saturated heterocycles. The van der Waals surface area contributed by atoms with E-state index in [-0.39, 0.29) is 4.90 Å². The first-order valence-electron chi connectivity index (χ1n) is 8.97. The lowest BCUT2D eigenvalue weighted by Crippen LogP contribution is -2.33. The molecule has 0 amide bonds. The molecule has 1 fully saturated rings. The minimum absolute atomic E-state index is 0.210. The molecule has 0 unspecified atom stereocenters. The van der Waals surface area contributed by atoms with Crippen molar-refractivity contribution in [1.82, 2.24) is 14.5 Å². The van der Waals surface area contributed by atoms with Gasteiger partial charge in [0.1, 0.15) is 30.3 Å². The van der Waals surface area contributed by atoms with Gasteiger partial charge in [-0.2, -0.15) is 0 Å². The highest BCUT2D eigenvalue weighted by atomic mass is 32.2. The zero-order chi connectivity index (χ0) is 20.9. The maximum atomic E-state index is 11.7. The Morgan fingerprint density at radius 3 is 2.41 bits per heavy atom. The number of benzene rings is 1. The smallest absolute Gasteiger partial charge is 0.175 e. The van der Waals surface area contributed by atoms with Gasteiger partial charge < -0.3 is 24.6 Å². The van der Waals surface area contributed by atoms with Crippen molar-refractivity contribution in [3.05, 3.63) is 42.5 Å². The summed E-state index contributed by atoms with van der Waals surface area (Å²) in [5, 5.41) is 30.6. The molecule has 154 valence electrons. The molecular weight excluding hydrogens is 398 g/mol. The van der Waals surface area contributed by atoms with Crippen LogP contribution in [-0.4, -0.2) is 69.4 Å². The second-order valence-electron chi connectivity index (χ2n) is 7.13. The standard InChI is InChI=1S/C19H21N3O6S/c1-10-15-13(11-3-5-12(6-4-11)29(2,26)27)7-22(18(15)21-9-20-10)19-17(25)16(24)14(8-23)28-19/h3-7,9,14,16-17,19,23-25H,8H2,1-2H3/t14-,16-,17-,19-/m1/s1. The van der Waals surface area contributed by atoms with Crippen LogP contribution in [0.3, 0.4) is 0 Å². The van der Waals surface area contributed by atoms with Crippen LogP contribution in [0.2, 0.25) is 0 Å². The van der Waals surface area contributed by atoms with Crippen molar-refractivity contribution in [1.29, 1.82) is 0 Å². The molecule has 0 saturated carbocycles. The molecule has 0 aliphatic carbocycles. The third-order valence-electron chi connectivity index (χ3n) is 5.18. The summed E-state index contributed by atoms with van der Waals surface area (Å²) in [5.41, 5.74) is 2.67. The van der Waals surface area contributed by atoms with Crippen molar-refractivity contribution < 1.29 is 28.5 Å². The third-order valence-corrected chi connectivity index (χ3v) is 6.31. The summed E-state index contributed by atoms with van der Waals surface area (Å²) >= 11 is 0. The Labute approximate surface area is 167 Å². The summed E-state index contributed by atoms with van der Waals surface area (Å²) in [6, 6.07) is 6.44. The molecule has 9 nitrogen and oxygen atoms in total. The van der Waals surface area contributed by atoms with Crippen LogP contribution in [0.4, 0.5) is 0 Å². The minimum Gasteiger partial charge on any atom is -0.394 e. The lowest BCUT2D eigenvalue weighted by Gasteiger charge is -2.17. The highest BCUT2D eigenvalue weighted by molar-refractivity contribution is 7.90. The Morgan fingerprint density at radius 1 is 1.14 bits per heavy atom. The van der Waals surface area contributed by atoms with Crippen LogP contribution in [0.1, 0.15) is 11.9 Å². The first-order valence-corrected chi connectivity index (χ1v) is 10.9. The molecule has 10 heteroatoms. The number of aliphatic hydroxyl groups is 3. The summed E-state index contributed by atoms with van der Waals surface area (Å²) in [4.78, 5) is 8.77. The molecule has 2 aromatic heterocycles. The molecule has 1 aromatic carbocycles. The molecule has 3 aromatic rings. The summed E-state index contributed by atoms with van der Waals surface area (Å²) < 4.78 is 30.7. The van der Waals surface area contributed by atoms with E-state index >= 15 is 0 Å². The molecule has 3 heterocycles. The summed E-state index contributed by atoms with van der Waals surface area (Å²) in [5.74, 6) is 0. The van der Waals surface area contributed by atoms with Gasteiger partial charge in [-0.15, -0.1) is 0 Å². The number of sulfone groups is 1. The van der Waals surface area contributed by atoms with Gasteiger partial charge in [-0.3, -0.25) is 0 Å². The molecular formula is C19H21N3O6S. The van der Waals surface area contributed by atoms with E-state index in [0.29, 0.717) is 11.3 Å². The molecule has 4 rings (SSSR count). The Kier molecular flexibility index (Phi) is 4.91. The number of aliphatic hydroxyl groups excluding tert-OH is 3. The van der Waals surface area contributed by atoms with Crippen LogP contribution < -0.4 is 0 Å². The fraction of sp³-hybridized carbons (Fsp3) is 0.368. The monoisotopic (exact) mass is 419 g/mol. The molecule has 1 aliphatic rings. The van der Waals surface area contributed by atoms with E-state index in [1.807, 2.05) is 6.92 Å². The zero-order valence-corrected chi connectivity index (χ0v) is 16.6. The topological polar surface area (TPSA) is 135 Å². The molecule has 1 aliphatic heterocycles. The van der Waals surface area contributed by atoms with Gasteiger partial charge in [0.2, 0.25) is 0 Å². The summed E-state index contributed by atoms with van der Waals surface area (Å²) in [7, 11) is -3.32. The van der Waals surface area contributed by atoms with Crippen molar-refractivity contribution in [3.8, 4) is 11.1 Å². The van der Waals surface area contributed by atoms with E-state index in [2.05, 4.69) is 9.97 Å². The molecule has 0 spiro atoms. The fourth-order valence-corrected chi connectivity index (χ4v) is 4.27. The van der Waals surface area contributed by atoms with Gasteiger partial charge in [-0.05, 0) is 24.6 Å². The SMILES string of the molecule is Cc1ncnc2c1c(-c1ccc(S(C)(=O)=O)cc1)cn2[C@@H]1O[C@H](CO)[C@@H](O)[C@H]1O. The number of aryl methyl sites for hydroxylation is 1. The van der Waals surface area contributed by atoms with E-state index in [4.69, 9.17) is 4.74 Å². The molecule has 0 bridgehead atoms. The van der Waals surface area contributed by atoms with Crippen molar-refractivity contribution in [3.63, 3.8) is 0 Å². The van der Waals surface area contributed by atoms with Crippen molar-refractivity contribution in [2.24, 2.45) is 0 Å². The van der Waals surface area contributed by atoms with Gasteiger partial charge in [-0.1, -0.05) is 12.1 Å². The number of hydrogen-bond acceptors (Lipinski definition) is 8. The summed E-state index contributed by atoms with van der Waals surface area (Å²) in [6.45, 7) is 1.39. The van der Waals surface area contributed by atoms with Gasteiger partial charge >= 0.3 is 0 Å². The average molecular weight is 419 g/mol. The number of hydrogen-bond donors (Lipinski definition) is 3. The van der Waals surface area contributed by atoms with Crippen LogP contribution >= 0.6 is 0 Å². The first-order chi connectivity index (χ1) is 13.7. The first kappa shape index (κ1) is 19.9. The van der Waals surface area contributed by atoms with E-state index in [0.717, 1.165) is 22.8 Å². The quantitative estimate of drug-likeness (QED) is 0.554. The molecule has 0 radical (unpaired) electrons. The van der Waals surface area contributed by atoms with E-state index in [9.17, 15) is 23.7 Å². The van der Waals surface area contributed by atoms with Gasteiger partial charge in [0, 0.05) is 23.4 Å². The summed E-state index contributed by atoms with van der Waals surface area (Å²) in [6.07, 6.45) is -0.0703. The lowest BCUT2D eigenvalue weighted by atomic mass is 10.1. The molecule has 3 N–H and O–H groups in total. The second-order valence-corrected chi connectivity index (χ2v) is 9.15. The van der Waals surface area contributed by atoms with Gasteiger partial charge in [-0.25, -0.2) is 18.4 Å². The van der Waals surface area contributed by atoms with E-state index in [1.54, 1.807) is 22.9 Å². The van der Waals surface area contributed by atoms with Crippen LogP contribution in [-0.2, 0) is 14.6 Å². The number of ether oxygens (including phenoxy) is 1. The number of rotatable bonds is 4. The second kappa shape index (κ2) is 7.15. The molecule has 4 atom stereocenters. The third kappa shape index (κ3) is 3.32. The minimum atomic E-state index is -3.32. The van der Waals surface area contributed by atoms with Gasteiger partial charge in [0.05, 0.1) is 17.2 Å². The largest absolute Gasteiger partial charge is 0.394 e. The Bertz CT molecular complexity index is 1160. The van der Waals surface area contributed by atoms with E-state index in [1.165, 1.54) is 18.5 Å². The number of aromatic nitrogens is 3. The average Bonchev–Trinajstić information content (AvgIpc) is 3.20. The number of fused-ring (bicyclic) bond motifs is 1. The van der Waals surface area contributed by atoms with Gasteiger partial charge in [0.25, 0.3) is 0 Å². The predicted octanol–water partition coefficient (Wildman–Crippen LogP) is 0.422. The van der Waals surface area contributed by atoms with E-state index < -0.39 is 41.0 Å². The Balaban J connectivity index is 1.87. The maximum absolute atomic E-state index is 11.7.